The predicted octanol–water partition coefficient (Wildman–Crippen LogP) is 2.08. The number of amides is 2. The van der Waals surface area contributed by atoms with Crippen LogP contribution < -0.4 is 10.6 Å². The Kier molecular flexibility index (Phi) is 4.82. The highest BCUT2D eigenvalue weighted by molar-refractivity contribution is 6.30. The lowest BCUT2D eigenvalue weighted by Gasteiger charge is -2.13. The Morgan fingerprint density at radius 3 is 2.95 bits per heavy atom. The molecule has 102 valence electrons. The summed E-state index contributed by atoms with van der Waals surface area (Å²) in [7, 11) is 0. The quantitative estimate of drug-likeness (QED) is 0.740. The van der Waals surface area contributed by atoms with Gasteiger partial charge in [0.15, 0.2) is 0 Å². The molecular formula is C14H17ClN2O2. The first kappa shape index (κ1) is 13.9. The topological polar surface area (TPSA) is 61.4 Å². The maximum absolute atomic E-state index is 11.7. The Balaban J connectivity index is 1.75. The predicted molar refractivity (Wildman–Crippen MR) is 74.9 cm³/mol. The van der Waals surface area contributed by atoms with E-state index in [1.54, 1.807) is 6.07 Å². The maximum Gasteiger partial charge on any atom is 0.315 e. The number of carbonyl (C=O) groups excluding carboxylic acids is 1. The van der Waals surface area contributed by atoms with E-state index in [2.05, 4.69) is 10.6 Å². The normalized spacial score (nSPS) is 21.4. The van der Waals surface area contributed by atoms with Crippen LogP contribution in [0.3, 0.4) is 0 Å². The van der Waals surface area contributed by atoms with E-state index >= 15 is 0 Å². The van der Waals surface area contributed by atoms with E-state index in [9.17, 15) is 4.79 Å². The average Bonchev–Trinajstić information content (AvgIpc) is 2.84. The van der Waals surface area contributed by atoms with Gasteiger partial charge in [0, 0.05) is 30.1 Å². The summed E-state index contributed by atoms with van der Waals surface area (Å²) in [5.74, 6) is 0.151. The minimum atomic E-state index is -0.215. The average molecular weight is 281 g/mol. The third-order valence-electron chi connectivity index (χ3n) is 3.07. The number of aliphatic hydroxyl groups excluding tert-OH is 1. The number of hydrogen-bond acceptors (Lipinski definition) is 2. The summed E-state index contributed by atoms with van der Waals surface area (Å²) in [5, 5.41) is 15.3. The van der Waals surface area contributed by atoms with Gasteiger partial charge in [0.05, 0.1) is 0 Å². The number of aliphatic hydroxyl groups is 1. The minimum Gasteiger partial charge on any atom is -0.396 e. The van der Waals surface area contributed by atoms with Crippen LogP contribution in [0.2, 0.25) is 5.02 Å². The van der Waals surface area contributed by atoms with Gasteiger partial charge in [0.1, 0.15) is 0 Å². The van der Waals surface area contributed by atoms with Crippen molar-refractivity contribution in [3.63, 3.8) is 0 Å². The molecule has 1 aromatic rings. The number of halogens is 1. The zero-order chi connectivity index (χ0) is 13.7. The molecule has 1 aromatic carbocycles. The molecule has 0 aromatic heterocycles. The molecule has 1 aliphatic rings. The monoisotopic (exact) mass is 280 g/mol. The minimum absolute atomic E-state index is 0.00323. The van der Waals surface area contributed by atoms with E-state index in [1.165, 1.54) is 0 Å². The summed E-state index contributed by atoms with van der Waals surface area (Å²) in [4.78, 5) is 11.7. The zero-order valence-corrected chi connectivity index (χ0v) is 11.2. The Labute approximate surface area is 117 Å². The number of urea groups is 1. The van der Waals surface area contributed by atoms with Crippen LogP contribution in [0, 0.1) is 5.92 Å². The molecule has 3 N–H and O–H groups in total. The van der Waals surface area contributed by atoms with Crippen molar-refractivity contribution in [3.05, 3.63) is 47.0 Å². The fourth-order valence-electron chi connectivity index (χ4n) is 2.07. The second-order valence-corrected chi connectivity index (χ2v) is 5.06. The molecule has 0 fully saturated rings. The van der Waals surface area contributed by atoms with Crippen molar-refractivity contribution in [2.75, 3.05) is 6.61 Å². The SMILES string of the molecule is O=C(NCc1cccc(Cl)c1)N[C@@H]1C=C[C@H](CO)C1. The molecular weight excluding hydrogens is 264 g/mol. The van der Waals surface area contributed by atoms with E-state index in [0.717, 1.165) is 12.0 Å². The van der Waals surface area contributed by atoms with E-state index < -0.39 is 0 Å². The Hall–Kier alpha value is -1.52. The lowest BCUT2D eigenvalue weighted by molar-refractivity contribution is 0.231. The van der Waals surface area contributed by atoms with Crippen LogP contribution in [0.1, 0.15) is 12.0 Å². The number of hydrogen-bond donors (Lipinski definition) is 3. The second-order valence-electron chi connectivity index (χ2n) is 4.63. The van der Waals surface area contributed by atoms with E-state index in [4.69, 9.17) is 16.7 Å². The molecule has 0 saturated heterocycles. The van der Waals surface area contributed by atoms with Crippen LogP contribution in [-0.2, 0) is 6.54 Å². The molecule has 0 unspecified atom stereocenters. The van der Waals surface area contributed by atoms with Gasteiger partial charge in [0.2, 0.25) is 0 Å². The number of rotatable bonds is 4. The molecule has 2 atom stereocenters. The maximum atomic E-state index is 11.7. The van der Waals surface area contributed by atoms with Crippen LogP contribution in [0.15, 0.2) is 36.4 Å². The van der Waals surface area contributed by atoms with Gasteiger partial charge in [-0.1, -0.05) is 35.9 Å². The Bertz CT molecular complexity index is 476. The van der Waals surface area contributed by atoms with Crippen molar-refractivity contribution < 1.29 is 9.90 Å². The van der Waals surface area contributed by atoms with Crippen LogP contribution in [0.4, 0.5) is 4.79 Å². The Morgan fingerprint density at radius 2 is 2.26 bits per heavy atom. The molecule has 0 bridgehead atoms. The fraction of sp³-hybridized carbons (Fsp3) is 0.357. The summed E-state index contributed by atoms with van der Waals surface area (Å²) in [6.45, 7) is 0.561. The first-order valence-electron chi connectivity index (χ1n) is 6.25. The van der Waals surface area contributed by atoms with Gasteiger partial charge in [-0.05, 0) is 24.1 Å². The molecule has 0 saturated carbocycles. The zero-order valence-electron chi connectivity index (χ0n) is 10.5. The van der Waals surface area contributed by atoms with Crippen LogP contribution in [0.25, 0.3) is 0 Å². The molecule has 0 radical (unpaired) electrons. The van der Waals surface area contributed by atoms with Gasteiger partial charge in [0.25, 0.3) is 0 Å². The van der Waals surface area contributed by atoms with Crippen LogP contribution >= 0.6 is 11.6 Å². The van der Waals surface area contributed by atoms with Gasteiger partial charge in [-0.2, -0.15) is 0 Å². The second kappa shape index (κ2) is 6.59. The van der Waals surface area contributed by atoms with Crippen molar-refractivity contribution in [1.82, 2.24) is 10.6 Å². The van der Waals surface area contributed by atoms with Gasteiger partial charge in [-0.25, -0.2) is 4.79 Å². The first-order valence-corrected chi connectivity index (χ1v) is 6.63. The Morgan fingerprint density at radius 1 is 1.42 bits per heavy atom. The molecule has 19 heavy (non-hydrogen) atoms. The van der Waals surface area contributed by atoms with Crippen molar-refractivity contribution in [2.45, 2.75) is 19.0 Å². The number of carbonyl (C=O) groups is 1. The van der Waals surface area contributed by atoms with E-state index in [0.29, 0.717) is 11.6 Å². The molecule has 2 amide bonds. The summed E-state index contributed by atoms with van der Waals surface area (Å²) in [5.41, 5.74) is 0.956. The van der Waals surface area contributed by atoms with E-state index in [-0.39, 0.29) is 24.6 Å². The van der Waals surface area contributed by atoms with Crippen molar-refractivity contribution in [1.29, 1.82) is 0 Å². The lowest BCUT2D eigenvalue weighted by Crippen LogP contribution is -2.40. The van der Waals surface area contributed by atoms with E-state index in [1.807, 2.05) is 30.4 Å². The molecule has 4 nitrogen and oxygen atoms in total. The highest BCUT2D eigenvalue weighted by atomic mass is 35.5. The van der Waals surface area contributed by atoms with Gasteiger partial charge in [-0.15, -0.1) is 0 Å². The first-order chi connectivity index (χ1) is 9.17. The van der Waals surface area contributed by atoms with Crippen molar-refractivity contribution in [3.8, 4) is 0 Å². The fourth-order valence-corrected chi connectivity index (χ4v) is 2.28. The third kappa shape index (κ3) is 4.26. The third-order valence-corrected chi connectivity index (χ3v) is 3.30. The van der Waals surface area contributed by atoms with Crippen molar-refractivity contribution >= 4 is 17.6 Å². The number of nitrogens with one attached hydrogen (secondary N) is 2. The summed E-state index contributed by atoms with van der Waals surface area (Å²) < 4.78 is 0. The largest absolute Gasteiger partial charge is 0.396 e. The smallest absolute Gasteiger partial charge is 0.315 e. The van der Waals surface area contributed by atoms with Crippen LogP contribution in [0.5, 0.6) is 0 Å². The number of benzene rings is 1. The highest BCUT2D eigenvalue weighted by Gasteiger charge is 2.19. The summed E-state index contributed by atoms with van der Waals surface area (Å²) in [6, 6.07) is 7.15. The molecule has 2 rings (SSSR count). The molecule has 5 heteroatoms. The summed E-state index contributed by atoms with van der Waals surface area (Å²) >= 11 is 5.87. The van der Waals surface area contributed by atoms with Gasteiger partial charge < -0.3 is 15.7 Å². The molecule has 0 spiro atoms. The summed E-state index contributed by atoms with van der Waals surface area (Å²) in [6.07, 6.45) is 4.60. The van der Waals surface area contributed by atoms with Crippen molar-refractivity contribution in [2.24, 2.45) is 5.92 Å². The van der Waals surface area contributed by atoms with Crippen LogP contribution in [-0.4, -0.2) is 23.8 Å². The molecule has 0 heterocycles. The molecule has 0 aliphatic heterocycles. The highest BCUT2D eigenvalue weighted by Crippen LogP contribution is 2.16. The lowest BCUT2D eigenvalue weighted by atomic mass is 10.1. The van der Waals surface area contributed by atoms with Gasteiger partial charge in [-0.3, -0.25) is 0 Å². The standard InChI is InChI=1S/C14H17ClN2O2/c15-12-3-1-2-10(6-12)8-16-14(19)17-13-5-4-11(7-13)9-18/h1-6,11,13,18H,7-9H2,(H2,16,17,19)/t11-,13+/m0/s1. The molecule has 1 aliphatic carbocycles. The van der Waals surface area contributed by atoms with Gasteiger partial charge >= 0.3 is 6.03 Å².